The van der Waals surface area contributed by atoms with E-state index in [1.54, 1.807) is 0 Å². The highest BCUT2D eigenvalue weighted by Gasteiger charge is 1.98. The minimum Gasteiger partial charge on any atom is -0.491 e. The number of ether oxygens (including phenoxy) is 2. The Kier molecular flexibility index (Phi) is 15.4. The molecule has 2 nitrogen and oxygen atoms in total. The van der Waals surface area contributed by atoms with E-state index in [0.717, 1.165) is 12.4 Å². The molecule has 1 aromatic carbocycles. The van der Waals surface area contributed by atoms with E-state index in [1.807, 2.05) is 0 Å². The van der Waals surface area contributed by atoms with Gasteiger partial charge in [-0.05, 0) is 37.0 Å². The largest absolute Gasteiger partial charge is 0.491 e. The van der Waals surface area contributed by atoms with Crippen LogP contribution in [0.3, 0.4) is 0 Å². The van der Waals surface area contributed by atoms with E-state index in [4.69, 9.17) is 9.47 Å². The van der Waals surface area contributed by atoms with Crippen molar-refractivity contribution in [3.63, 3.8) is 0 Å². The molecule has 1 rings (SSSR count). The van der Waals surface area contributed by atoms with Crippen LogP contribution in [0.4, 0.5) is 0 Å². The maximum absolute atomic E-state index is 5.76. The van der Waals surface area contributed by atoms with Gasteiger partial charge in [0.25, 0.3) is 0 Å². The predicted octanol–water partition coefficient (Wildman–Crippen LogP) is 7.35. The monoisotopic (exact) mass is 362 g/mol. The van der Waals surface area contributed by atoms with Crippen molar-refractivity contribution < 1.29 is 9.47 Å². The molecule has 0 N–H and O–H groups in total. The summed E-state index contributed by atoms with van der Waals surface area (Å²) in [4.78, 5) is 0. The number of unbranched alkanes of at least 4 members (excludes halogenated alkanes) is 10. The summed E-state index contributed by atoms with van der Waals surface area (Å²) in [6.07, 6.45) is 17.2. The number of rotatable bonds is 18. The smallest absolute Gasteiger partial charge is 0.119 e. The van der Waals surface area contributed by atoms with Crippen LogP contribution in [-0.2, 0) is 11.2 Å². The summed E-state index contributed by atoms with van der Waals surface area (Å²) >= 11 is 0. The van der Waals surface area contributed by atoms with Gasteiger partial charge in [-0.3, -0.25) is 0 Å². The molecule has 150 valence electrons. The lowest BCUT2D eigenvalue weighted by Gasteiger charge is -2.08. The van der Waals surface area contributed by atoms with Gasteiger partial charge in [0.2, 0.25) is 0 Å². The van der Waals surface area contributed by atoms with Gasteiger partial charge in [-0.25, -0.2) is 0 Å². The third-order valence-corrected chi connectivity index (χ3v) is 4.88. The van der Waals surface area contributed by atoms with Crippen LogP contribution >= 0.6 is 0 Å². The second-order valence-corrected chi connectivity index (χ2v) is 7.39. The van der Waals surface area contributed by atoms with Crippen molar-refractivity contribution in [2.75, 3.05) is 19.8 Å². The fraction of sp³-hybridized carbons (Fsp3) is 0.750. The first-order valence-electron chi connectivity index (χ1n) is 11.2. The van der Waals surface area contributed by atoms with Crippen molar-refractivity contribution >= 4 is 0 Å². The summed E-state index contributed by atoms with van der Waals surface area (Å²) in [6.45, 7) is 6.72. The summed E-state index contributed by atoms with van der Waals surface area (Å²) < 4.78 is 11.4. The van der Waals surface area contributed by atoms with Crippen molar-refractivity contribution in [3.05, 3.63) is 29.8 Å². The molecule has 26 heavy (non-hydrogen) atoms. The Labute approximate surface area is 162 Å². The zero-order valence-electron chi connectivity index (χ0n) is 17.4. The predicted molar refractivity (Wildman–Crippen MR) is 113 cm³/mol. The Bertz CT molecular complexity index is 399. The molecule has 0 radical (unpaired) electrons. The Morgan fingerprint density at radius 3 is 1.81 bits per heavy atom. The standard InChI is InChI=1S/C24H42O2/c1-3-5-7-9-10-11-13-15-23-16-18-24(19-17-23)26-22-21-25-20-14-12-8-6-4-2/h16-19H,3-15,20-22H2,1-2H3. The summed E-state index contributed by atoms with van der Waals surface area (Å²) in [6, 6.07) is 8.62. The highest BCUT2D eigenvalue weighted by atomic mass is 16.5. The lowest BCUT2D eigenvalue weighted by Crippen LogP contribution is -2.07. The molecule has 0 aliphatic heterocycles. The van der Waals surface area contributed by atoms with Crippen LogP contribution in [0.1, 0.15) is 96.5 Å². The van der Waals surface area contributed by atoms with Gasteiger partial charge in [0.15, 0.2) is 0 Å². The fourth-order valence-corrected chi connectivity index (χ4v) is 3.17. The van der Waals surface area contributed by atoms with E-state index in [9.17, 15) is 0 Å². The quantitative estimate of drug-likeness (QED) is 0.254. The van der Waals surface area contributed by atoms with Crippen molar-refractivity contribution in [1.29, 1.82) is 0 Å². The van der Waals surface area contributed by atoms with Gasteiger partial charge in [0.1, 0.15) is 12.4 Å². The molecule has 1 aromatic rings. The molecule has 0 spiro atoms. The highest BCUT2D eigenvalue weighted by molar-refractivity contribution is 5.27. The van der Waals surface area contributed by atoms with Crippen molar-refractivity contribution in [1.82, 2.24) is 0 Å². The number of benzene rings is 1. The van der Waals surface area contributed by atoms with Crippen LogP contribution in [0.5, 0.6) is 5.75 Å². The Morgan fingerprint density at radius 1 is 0.577 bits per heavy atom. The topological polar surface area (TPSA) is 18.5 Å². The van der Waals surface area contributed by atoms with Crippen molar-refractivity contribution in [2.45, 2.75) is 97.3 Å². The zero-order valence-corrected chi connectivity index (χ0v) is 17.4. The Hall–Kier alpha value is -1.02. The molecule has 0 aromatic heterocycles. The van der Waals surface area contributed by atoms with Crippen LogP contribution in [0, 0.1) is 0 Å². The molecule has 0 unspecified atom stereocenters. The SMILES string of the molecule is CCCCCCCCCc1ccc(OCCOCCCCCCC)cc1. The third kappa shape index (κ3) is 13.2. The van der Waals surface area contributed by atoms with Crippen LogP contribution < -0.4 is 4.74 Å². The normalized spacial score (nSPS) is 11.0. The van der Waals surface area contributed by atoms with Gasteiger partial charge in [0.05, 0.1) is 6.61 Å². The van der Waals surface area contributed by atoms with E-state index in [1.165, 1.54) is 89.0 Å². The summed E-state index contributed by atoms with van der Waals surface area (Å²) in [5.74, 6) is 0.958. The third-order valence-electron chi connectivity index (χ3n) is 4.88. The van der Waals surface area contributed by atoms with Gasteiger partial charge in [-0.2, -0.15) is 0 Å². The van der Waals surface area contributed by atoms with Crippen LogP contribution in [0.15, 0.2) is 24.3 Å². The molecule has 0 saturated heterocycles. The summed E-state index contributed by atoms with van der Waals surface area (Å²) in [5, 5.41) is 0. The average molecular weight is 363 g/mol. The number of aryl methyl sites for hydroxylation is 1. The first-order chi connectivity index (χ1) is 12.9. The summed E-state index contributed by atoms with van der Waals surface area (Å²) in [5.41, 5.74) is 1.43. The average Bonchev–Trinajstić information content (AvgIpc) is 2.67. The van der Waals surface area contributed by atoms with E-state index < -0.39 is 0 Å². The van der Waals surface area contributed by atoms with Crippen molar-refractivity contribution in [3.8, 4) is 5.75 Å². The van der Waals surface area contributed by atoms with Crippen LogP contribution in [-0.4, -0.2) is 19.8 Å². The first kappa shape index (κ1) is 23.0. The van der Waals surface area contributed by atoms with Gasteiger partial charge < -0.3 is 9.47 Å². The lowest BCUT2D eigenvalue weighted by molar-refractivity contribution is 0.0971. The molecule has 0 amide bonds. The van der Waals surface area contributed by atoms with E-state index in [-0.39, 0.29) is 0 Å². The van der Waals surface area contributed by atoms with Gasteiger partial charge in [0, 0.05) is 6.61 Å². The Balaban J connectivity index is 1.97. The summed E-state index contributed by atoms with van der Waals surface area (Å²) in [7, 11) is 0. The number of hydrogen-bond donors (Lipinski definition) is 0. The fourth-order valence-electron chi connectivity index (χ4n) is 3.17. The molecule has 0 aliphatic rings. The van der Waals surface area contributed by atoms with Gasteiger partial charge in [-0.15, -0.1) is 0 Å². The molecule has 0 atom stereocenters. The van der Waals surface area contributed by atoms with Gasteiger partial charge >= 0.3 is 0 Å². The molecule has 0 heterocycles. The molecular formula is C24H42O2. The minimum atomic E-state index is 0.645. The van der Waals surface area contributed by atoms with Crippen LogP contribution in [0.2, 0.25) is 0 Å². The molecular weight excluding hydrogens is 320 g/mol. The Morgan fingerprint density at radius 2 is 1.15 bits per heavy atom. The maximum Gasteiger partial charge on any atom is 0.119 e. The van der Waals surface area contributed by atoms with Crippen LogP contribution in [0.25, 0.3) is 0 Å². The second kappa shape index (κ2) is 17.4. The maximum atomic E-state index is 5.76. The minimum absolute atomic E-state index is 0.645. The zero-order chi connectivity index (χ0) is 18.7. The second-order valence-electron chi connectivity index (χ2n) is 7.39. The molecule has 0 bridgehead atoms. The van der Waals surface area contributed by atoms with Gasteiger partial charge in [-0.1, -0.05) is 90.2 Å². The highest BCUT2D eigenvalue weighted by Crippen LogP contribution is 2.15. The molecule has 0 saturated carbocycles. The van der Waals surface area contributed by atoms with Crippen molar-refractivity contribution in [2.24, 2.45) is 0 Å². The van der Waals surface area contributed by atoms with E-state index in [2.05, 4.69) is 38.1 Å². The lowest BCUT2D eigenvalue weighted by atomic mass is 10.0. The molecule has 2 heteroatoms. The first-order valence-corrected chi connectivity index (χ1v) is 11.2. The molecule has 0 fully saturated rings. The number of hydrogen-bond acceptors (Lipinski definition) is 2. The molecule has 0 aliphatic carbocycles. The van der Waals surface area contributed by atoms with E-state index >= 15 is 0 Å². The van der Waals surface area contributed by atoms with E-state index in [0.29, 0.717) is 13.2 Å².